The number of carbonyl (C=O) groups excluding carboxylic acids is 1. The molecular weight excluding hydrogens is 324 g/mol. The molecule has 0 radical (unpaired) electrons. The standard InChI is InChI=1S/C22H18N2O2/c1-14(15-7-3-2-4-8-15)23-22(26)16-11-12-18-20(13-16)24-19-10-6-5-9-17(19)21(18)25/h2-14H,1H3,(H,23,26)(H,24,25)/t14-/m0/s1. The number of hydrogen-bond donors (Lipinski definition) is 2. The van der Waals surface area contributed by atoms with Gasteiger partial charge in [-0.05, 0) is 42.8 Å². The molecule has 0 fully saturated rings. The minimum atomic E-state index is -0.169. The number of rotatable bonds is 3. The number of fused-ring (bicyclic) bond motifs is 2. The first-order valence-corrected chi connectivity index (χ1v) is 8.54. The van der Waals surface area contributed by atoms with Crippen molar-refractivity contribution < 1.29 is 4.79 Å². The number of para-hydroxylation sites is 1. The van der Waals surface area contributed by atoms with E-state index >= 15 is 0 Å². The van der Waals surface area contributed by atoms with Crippen LogP contribution in [0.4, 0.5) is 0 Å². The van der Waals surface area contributed by atoms with Gasteiger partial charge in [-0.2, -0.15) is 0 Å². The van der Waals surface area contributed by atoms with Crippen LogP contribution in [0.25, 0.3) is 21.8 Å². The molecule has 1 atom stereocenters. The van der Waals surface area contributed by atoms with Crippen LogP contribution in [-0.2, 0) is 0 Å². The quantitative estimate of drug-likeness (QED) is 0.549. The number of hydrogen-bond acceptors (Lipinski definition) is 2. The molecule has 4 aromatic rings. The Morgan fingerprint density at radius 3 is 2.38 bits per heavy atom. The largest absolute Gasteiger partial charge is 0.354 e. The summed E-state index contributed by atoms with van der Waals surface area (Å²) in [6.45, 7) is 1.95. The molecule has 1 amide bonds. The van der Waals surface area contributed by atoms with Gasteiger partial charge in [0.05, 0.1) is 11.6 Å². The van der Waals surface area contributed by atoms with E-state index in [2.05, 4.69) is 10.3 Å². The fourth-order valence-electron chi connectivity index (χ4n) is 3.17. The Labute approximate surface area is 150 Å². The van der Waals surface area contributed by atoms with Gasteiger partial charge < -0.3 is 10.3 Å². The molecule has 0 aliphatic heterocycles. The molecule has 1 heterocycles. The molecule has 1 aromatic heterocycles. The average Bonchev–Trinajstić information content (AvgIpc) is 2.68. The van der Waals surface area contributed by atoms with Gasteiger partial charge >= 0.3 is 0 Å². The van der Waals surface area contributed by atoms with E-state index in [4.69, 9.17) is 0 Å². The summed E-state index contributed by atoms with van der Waals surface area (Å²) in [5, 5.41) is 4.23. The van der Waals surface area contributed by atoms with E-state index in [-0.39, 0.29) is 17.4 Å². The van der Waals surface area contributed by atoms with Crippen LogP contribution in [0, 0.1) is 0 Å². The van der Waals surface area contributed by atoms with Crippen LogP contribution in [0.5, 0.6) is 0 Å². The molecule has 4 heteroatoms. The smallest absolute Gasteiger partial charge is 0.251 e. The lowest BCUT2D eigenvalue weighted by atomic mass is 10.1. The van der Waals surface area contributed by atoms with Crippen molar-refractivity contribution in [1.82, 2.24) is 10.3 Å². The van der Waals surface area contributed by atoms with Gasteiger partial charge in [-0.1, -0.05) is 42.5 Å². The van der Waals surface area contributed by atoms with Gasteiger partial charge in [0.2, 0.25) is 0 Å². The van der Waals surface area contributed by atoms with Crippen molar-refractivity contribution in [1.29, 1.82) is 0 Å². The summed E-state index contributed by atoms with van der Waals surface area (Å²) < 4.78 is 0. The lowest BCUT2D eigenvalue weighted by Gasteiger charge is -2.14. The van der Waals surface area contributed by atoms with Crippen LogP contribution in [0.15, 0.2) is 77.6 Å². The van der Waals surface area contributed by atoms with E-state index in [9.17, 15) is 9.59 Å². The van der Waals surface area contributed by atoms with Crippen LogP contribution in [-0.4, -0.2) is 10.9 Å². The van der Waals surface area contributed by atoms with Crippen molar-refractivity contribution in [2.45, 2.75) is 13.0 Å². The monoisotopic (exact) mass is 342 g/mol. The van der Waals surface area contributed by atoms with Crippen LogP contribution in [0.3, 0.4) is 0 Å². The zero-order chi connectivity index (χ0) is 18.1. The van der Waals surface area contributed by atoms with Crippen molar-refractivity contribution in [3.8, 4) is 0 Å². The Balaban J connectivity index is 1.70. The number of benzene rings is 3. The van der Waals surface area contributed by atoms with Crippen molar-refractivity contribution in [2.24, 2.45) is 0 Å². The predicted molar refractivity (Wildman–Crippen MR) is 104 cm³/mol. The summed E-state index contributed by atoms with van der Waals surface area (Å²) >= 11 is 0. The Morgan fingerprint density at radius 1 is 0.885 bits per heavy atom. The van der Waals surface area contributed by atoms with Crippen molar-refractivity contribution >= 4 is 27.7 Å². The van der Waals surface area contributed by atoms with E-state index in [1.54, 1.807) is 24.3 Å². The summed E-state index contributed by atoms with van der Waals surface area (Å²) in [5.74, 6) is -0.169. The molecular formula is C22H18N2O2. The molecule has 0 aliphatic rings. The summed E-state index contributed by atoms with van der Waals surface area (Å²) in [6.07, 6.45) is 0. The lowest BCUT2D eigenvalue weighted by Crippen LogP contribution is -2.26. The van der Waals surface area contributed by atoms with Crippen LogP contribution < -0.4 is 10.7 Å². The molecule has 128 valence electrons. The van der Waals surface area contributed by atoms with Crippen molar-refractivity contribution in [3.05, 3.63) is 94.1 Å². The zero-order valence-electron chi connectivity index (χ0n) is 14.3. The van der Waals surface area contributed by atoms with Crippen LogP contribution >= 0.6 is 0 Å². The van der Waals surface area contributed by atoms with Gasteiger partial charge in [0.25, 0.3) is 5.91 Å². The van der Waals surface area contributed by atoms with Gasteiger partial charge in [0, 0.05) is 21.9 Å². The van der Waals surface area contributed by atoms with Gasteiger partial charge in [-0.3, -0.25) is 9.59 Å². The molecule has 0 saturated heterocycles. The molecule has 0 aliphatic carbocycles. The second-order valence-corrected chi connectivity index (χ2v) is 6.37. The van der Waals surface area contributed by atoms with Crippen molar-refractivity contribution in [2.75, 3.05) is 0 Å². The predicted octanol–water partition coefficient (Wildman–Crippen LogP) is 4.17. The minimum Gasteiger partial charge on any atom is -0.354 e. The zero-order valence-corrected chi connectivity index (χ0v) is 14.3. The summed E-state index contributed by atoms with van der Waals surface area (Å²) in [7, 11) is 0. The first-order valence-electron chi connectivity index (χ1n) is 8.54. The number of aromatic amines is 1. The third-order valence-electron chi connectivity index (χ3n) is 4.61. The molecule has 26 heavy (non-hydrogen) atoms. The molecule has 4 rings (SSSR count). The van der Waals surface area contributed by atoms with Crippen LogP contribution in [0.1, 0.15) is 28.9 Å². The van der Waals surface area contributed by atoms with Gasteiger partial charge in [-0.15, -0.1) is 0 Å². The lowest BCUT2D eigenvalue weighted by molar-refractivity contribution is 0.0940. The van der Waals surface area contributed by atoms with Gasteiger partial charge in [0.1, 0.15) is 0 Å². The molecule has 2 N–H and O–H groups in total. The highest BCUT2D eigenvalue weighted by Gasteiger charge is 2.13. The Hall–Kier alpha value is -3.40. The number of nitrogens with one attached hydrogen (secondary N) is 2. The third-order valence-corrected chi connectivity index (χ3v) is 4.61. The number of carbonyl (C=O) groups is 1. The molecule has 0 unspecified atom stereocenters. The Morgan fingerprint density at radius 2 is 1.58 bits per heavy atom. The Kier molecular flexibility index (Phi) is 4.01. The maximum Gasteiger partial charge on any atom is 0.251 e. The highest BCUT2D eigenvalue weighted by atomic mass is 16.1. The van der Waals surface area contributed by atoms with E-state index < -0.39 is 0 Å². The van der Waals surface area contributed by atoms with E-state index in [0.29, 0.717) is 21.9 Å². The second-order valence-electron chi connectivity index (χ2n) is 6.37. The first-order chi connectivity index (χ1) is 12.6. The van der Waals surface area contributed by atoms with Gasteiger partial charge in [-0.25, -0.2) is 0 Å². The summed E-state index contributed by atoms with van der Waals surface area (Å²) in [4.78, 5) is 28.5. The first kappa shape index (κ1) is 16.1. The molecule has 3 aromatic carbocycles. The fourth-order valence-corrected chi connectivity index (χ4v) is 3.17. The number of aromatic nitrogens is 1. The highest BCUT2D eigenvalue weighted by Crippen LogP contribution is 2.17. The summed E-state index contributed by atoms with van der Waals surface area (Å²) in [5.41, 5.74) is 2.96. The number of pyridine rings is 1. The summed E-state index contributed by atoms with van der Waals surface area (Å²) in [6, 6.07) is 22.2. The van der Waals surface area contributed by atoms with Crippen molar-refractivity contribution in [3.63, 3.8) is 0 Å². The molecule has 0 bridgehead atoms. The Bertz CT molecular complexity index is 1160. The molecule has 0 saturated carbocycles. The normalized spacial score (nSPS) is 12.2. The highest BCUT2D eigenvalue weighted by molar-refractivity contribution is 6.00. The average molecular weight is 342 g/mol. The van der Waals surface area contributed by atoms with Gasteiger partial charge in [0.15, 0.2) is 5.43 Å². The maximum absolute atomic E-state index is 12.6. The third kappa shape index (κ3) is 2.86. The molecule has 0 spiro atoms. The number of amides is 1. The minimum absolute atomic E-state index is 0.0287. The SMILES string of the molecule is C[C@H](NC(=O)c1ccc2c(=O)c3ccccc3[nH]c2c1)c1ccccc1. The fraction of sp³-hybridized carbons (Fsp3) is 0.0909. The van der Waals surface area contributed by atoms with E-state index in [0.717, 1.165) is 11.1 Å². The molecule has 4 nitrogen and oxygen atoms in total. The van der Waals surface area contributed by atoms with E-state index in [1.807, 2.05) is 55.5 Å². The maximum atomic E-state index is 12.6. The van der Waals surface area contributed by atoms with Crippen LogP contribution in [0.2, 0.25) is 0 Å². The second kappa shape index (κ2) is 6.48. The topological polar surface area (TPSA) is 62.0 Å². The van der Waals surface area contributed by atoms with E-state index in [1.165, 1.54) is 0 Å². The number of H-pyrrole nitrogens is 1.